The molecule has 2 unspecified atom stereocenters. The molecular weight excluding hydrogens is 176 g/mol. The van der Waals surface area contributed by atoms with Gasteiger partial charge in [0.1, 0.15) is 0 Å². The normalized spacial score (nSPS) is 27.2. The monoisotopic (exact) mass is 200 g/mol. The maximum Gasteiger partial charge on any atom is 0.0599 e. The Hall–Kier alpha value is -0.120. The van der Waals surface area contributed by atoms with Gasteiger partial charge in [0.2, 0.25) is 0 Å². The van der Waals surface area contributed by atoms with E-state index in [0.29, 0.717) is 12.6 Å². The number of aliphatic hydroxyl groups is 1. The molecule has 0 radical (unpaired) electrons. The summed E-state index contributed by atoms with van der Waals surface area (Å²) in [4.78, 5) is 2.42. The van der Waals surface area contributed by atoms with Crippen LogP contribution in [0.3, 0.4) is 0 Å². The molecule has 0 bridgehead atoms. The molecule has 0 aromatic rings. The molecule has 3 nitrogen and oxygen atoms in total. The van der Waals surface area contributed by atoms with Gasteiger partial charge in [-0.25, -0.2) is 0 Å². The van der Waals surface area contributed by atoms with Gasteiger partial charge in [0.05, 0.1) is 6.61 Å². The molecular formula is C11H24N2O. The van der Waals surface area contributed by atoms with Gasteiger partial charge in [-0.2, -0.15) is 0 Å². The molecule has 84 valence electrons. The van der Waals surface area contributed by atoms with E-state index in [1.165, 1.54) is 32.1 Å². The second-order valence-electron chi connectivity index (χ2n) is 4.22. The lowest BCUT2D eigenvalue weighted by Gasteiger charge is -2.35. The van der Waals surface area contributed by atoms with Crippen molar-refractivity contribution in [2.24, 2.45) is 5.73 Å². The molecule has 0 aromatic carbocycles. The van der Waals surface area contributed by atoms with Gasteiger partial charge < -0.3 is 10.8 Å². The summed E-state index contributed by atoms with van der Waals surface area (Å²) in [6, 6.07) is 0.816. The molecule has 0 amide bonds. The molecule has 2 atom stereocenters. The maximum atomic E-state index is 9.26. The first-order valence-corrected chi connectivity index (χ1v) is 5.90. The lowest BCUT2D eigenvalue weighted by atomic mass is 10.1. The van der Waals surface area contributed by atoms with Crippen LogP contribution in [-0.2, 0) is 0 Å². The lowest BCUT2D eigenvalue weighted by Crippen LogP contribution is -2.48. The Morgan fingerprint density at radius 2 is 2.21 bits per heavy atom. The van der Waals surface area contributed by atoms with Gasteiger partial charge >= 0.3 is 0 Å². The lowest BCUT2D eigenvalue weighted by molar-refractivity contribution is 0.0871. The smallest absolute Gasteiger partial charge is 0.0599 e. The highest BCUT2D eigenvalue weighted by Gasteiger charge is 2.24. The van der Waals surface area contributed by atoms with Crippen LogP contribution in [0.2, 0.25) is 0 Å². The highest BCUT2D eigenvalue weighted by atomic mass is 16.3. The Balaban J connectivity index is 2.58. The fraction of sp³-hybridized carbons (Fsp3) is 1.00. The van der Waals surface area contributed by atoms with Gasteiger partial charge in [-0.1, -0.05) is 19.8 Å². The van der Waals surface area contributed by atoms with Crippen LogP contribution >= 0.6 is 0 Å². The highest BCUT2D eigenvalue weighted by molar-refractivity contribution is 4.81. The summed E-state index contributed by atoms with van der Waals surface area (Å²) in [5, 5.41) is 9.26. The van der Waals surface area contributed by atoms with Crippen molar-refractivity contribution in [3.05, 3.63) is 0 Å². The molecule has 14 heavy (non-hydrogen) atoms. The second kappa shape index (κ2) is 6.38. The summed E-state index contributed by atoms with van der Waals surface area (Å²) >= 11 is 0. The number of nitrogens with two attached hydrogens (primary N) is 1. The molecule has 0 saturated carbocycles. The van der Waals surface area contributed by atoms with Crippen LogP contribution in [0.4, 0.5) is 0 Å². The third kappa shape index (κ3) is 2.94. The van der Waals surface area contributed by atoms with Gasteiger partial charge in [0, 0.05) is 18.6 Å². The number of rotatable bonds is 4. The van der Waals surface area contributed by atoms with Crippen LogP contribution < -0.4 is 5.73 Å². The van der Waals surface area contributed by atoms with E-state index in [0.717, 1.165) is 6.54 Å². The fourth-order valence-electron chi connectivity index (χ4n) is 2.43. The molecule has 3 N–H and O–H groups in total. The number of likely N-dealkylation sites (tertiary alicyclic amines) is 1. The van der Waals surface area contributed by atoms with E-state index in [4.69, 9.17) is 5.73 Å². The quantitative estimate of drug-likeness (QED) is 0.710. The van der Waals surface area contributed by atoms with Crippen molar-refractivity contribution in [1.29, 1.82) is 0 Å². The molecule has 0 aromatic heterocycles. The third-order valence-electron chi connectivity index (χ3n) is 3.35. The summed E-state index contributed by atoms with van der Waals surface area (Å²) in [7, 11) is 0. The van der Waals surface area contributed by atoms with E-state index in [2.05, 4.69) is 11.8 Å². The van der Waals surface area contributed by atoms with Gasteiger partial charge in [0.15, 0.2) is 0 Å². The first-order chi connectivity index (χ1) is 6.83. The molecule has 0 aliphatic carbocycles. The molecule has 1 rings (SSSR count). The largest absolute Gasteiger partial charge is 0.395 e. The summed E-state index contributed by atoms with van der Waals surface area (Å²) < 4.78 is 0. The van der Waals surface area contributed by atoms with Gasteiger partial charge in [-0.05, 0) is 25.8 Å². The summed E-state index contributed by atoms with van der Waals surface area (Å²) in [5.74, 6) is 0. The van der Waals surface area contributed by atoms with Gasteiger partial charge in [-0.3, -0.25) is 4.90 Å². The van der Waals surface area contributed by atoms with Crippen LogP contribution in [0.15, 0.2) is 0 Å². The second-order valence-corrected chi connectivity index (χ2v) is 4.22. The Morgan fingerprint density at radius 1 is 1.43 bits per heavy atom. The average molecular weight is 200 g/mol. The third-order valence-corrected chi connectivity index (χ3v) is 3.35. The van der Waals surface area contributed by atoms with Crippen LogP contribution in [0.5, 0.6) is 0 Å². The summed E-state index contributed by atoms with van der Waals surface area (Å²) in [5.41, 5.74) is 5.68. The Kier molecular flexibility index (Phi) is 5.45. The Morgan fingerprint density at radius 3 is 2.79 bits per heavy atom. The molecule has 1 aliphatic rings. The molecule has 3 heteroatoms. The first kappa shape index (κ1) is 12.0. The zero-order valence-corrected chi connectivity index (χ0v) is 9.28. The van der Waals surface area contributed by atoms with Crippen LogP contribution in [0, 0.1) is 0 Å². The molecule has 1 saturated heterocycles. The number of hydrogen-bond donors (Lipinski definition) is 2. The minimum atomic E-state index is 0.179. The van der Waals surface area contributed by atoms with E-state index in [-0.39, 0.29) is 12.6 Å². The molecule has 1 aliphatic heterocycles. The summed E-state index contributed by atoms with van der Waals surface area (Å²) in [6.45, 7) is 4.12. The van der Waals surface area contributed by atoms with Crippen molar-refractivity contribution in [2.45, 2.75) is 51.1 Å². The van der Waals surface area contributed by atoms with Crippen molar-refractivity contribution >= 4 is 0 Å². The van der Waals surface area contributed by atoms with Crippen molar-refractivity contribution in [2.75, 3.05) is 19.7 Å². The predicted octanol–water partition coefficient (Wildman–Crippen LogP) is 0.961. The zero-order valence-electron chi connectivity index (χ0n) is 9.28. The van der Waals surface area contributed by atoms with Crippen LogP contribution in [0.1, 0.15) is 39.0 Å². The van der Waals surface area contributed by atoms with Gasteiger partial charge in [-0.15, -0.1) is 0 Å². The van der Waals surface area contributed by atoms with Crippen molar-refractivity contribution < 1.29 is 5.11 Å². The first-order valence-electron chi connectivity index (χ1n) is 5.90. The maximum absolute atomic E-state index is 9.26. The number of hydrogen-bond acceptors (Lipinski definition) is 3. The van der Waals surface area contributed by atoms with E-state index in [9.17, 15) is 5.11 Å². The van der Waals surface area contributed by atoms with Crippen molar-refractivity contribution in [3.8, 4) is 0 Å². The minimum Gasteiger partial charge on any atom is -0.395 e. The Labute approximate surface area is 87.3 Å². The van der Waals surface area contributed by atoms with E-state index in [1.54, 1.807) is 0 Å². The zero-order chi connectivity index (χ0) is 10.4. The Bertz CT molecular complexity index is 148. The highest BCUT2D eigenvalue weighted by Crippen LogP contribution is 2.20. The standard InChI is InChI=1S/C11H24N2O/c1-2-10-6-4-3-5-7-13(10)11(8-12)9-14/h10-11,14H,2-9,12H2,1H3. The van der Waals surface area contributed by atoms with E-state index >= 15 is 0 Å². The van der Waals surface area contributed by atoms with E-state index in [1.807, 2.05) is 0 Å². The minimum absolute atomic E-state index is 0.179. The van der Waals surface area contributed by atoms with Crippen molar-refractivity contribution in [3.63, 3.8) is 0 Å². The molecule has 1 fully saturated rings. The van der Waals surface area contributed by atoms with Crippen LogP contribution in [0.25, 0.3) is 0 Å². The molecule has 1 heterocycles. The average Bonchev–Trinajstić information content (AvgIpc) is 2.45. The summed E-state index contributed by atoms with van der Waals surface area (Å²) in [6.07, 6.45) is 6.37. The number of nitrogens with zero attached hydrogens (tertiary/aromatic N) is 1. The molecule has 0 spiro atoms. The van der Waals surface area contributed by atoms with Crippen molar-refractivity contribution in [1.82, 2.24) is 4.90 Å². The number of aliphatic hydroxyl groups excluding tert-OH is 1. The predicted molar refractivity (Wildman–Crippen MR) is 59.2 cm³/mol. The van der Waals surface area contributed by atoms with Gasteiger partial charge in [0.25, 0.3) is 0 Å². The SMILES string of the molecule is CCC1CCCCCN1C(CN)CO. The topological polar surface area (TPSA) is 49.5 Å². The van der Waals surface area contributed by atoms with Crippen LogP contribution in [-0.4, -0.2) is 41.8 Å². The fourth-order valence-corrected chi connectivity index (χ4v) is 2.43. The van der Waals surface area contributed by atoms with E-state index < -0.39 is 0 Å².